The first-order chi connectivity index (χ1) is 11.0. The van der Waals surface area contributed by atoms with Gasteiger partial charge >= 0.3 is 5.97 Å². The Morgan fingerprint density at radius 2 is 2.04 bits per heavy atom. The third-order valence-corrected chi connectivity index (χ3v) is 3.41. The number of carboxylic acids is 1. The summed E-state index contributed by atoms with van der Waals surface area (Å²) >= 11 is 0. The van der Waals surface area contributed by atoms with E-state index in [0.29, 0.717) is 11.1 Å². The predicted octanol–water partition coefficient (Wildman–Crippen LogP) is 1.85. The summed E-state index contributed by atoms with van der Waals surface area (Å²) < 4.78 is 5.55. The van der Waals surface area contributed by atoms with Gasteiger partial charge in [0.2, 0.25) is 11.8 Å². The van der Waals surface area contributed by atoms with Crippen LogP contribution in [0.15, 0.2) is 40.9 Å². The summed E-state index contributed by atoms with van der Waals surface area (Å²) in [6, 6.07) is 8.13. The maximum Gasteiger partial charge on any atom is 0.322 e. The van der Waals surface area contributed by atoms with Crippen molar-refractivity contribution in [2.24, 2.45) is 5.73 Å². The molecule has 1 atom stereocenters. The van der Waals surface area contributed by atoms with Crippen molar-refractivity contribution in [3.63, 3.8) is 0 Å². The Bertz CT molecular complexity index is 917. The molecule has 0 bridgehead atoms. The summed E-state index contributed by atoms with van der Waals surface area (Å²) in [7, 11) is 0. The number of fused-ring (bicyclic) bond motifs is 1. The number of aryl methyl sites for hydroxylation is 1. The molecule has 2 heterocycles. The zero-order valence-electron chi connectivity index (χ0n) is 12.2. The highest BCUT2D eigenvalue weighted by Gasteiger charge is 2.29. The molecule has 3 N–H and O–H groups in total. The van der Waals surface area contributed by atoms with Crippen molar-refractivity contribution in [3.05, 3.63) is 59.2 Å². The van der Waals surface area contributed by atoms with Crippen LogP contribution < -0.4 is 5.73 Å². The van der Waals surface area contributed by atoms with Crippen LogP contribution in [0, 0.1) is 6.92 Å². The van der Waals surface area contributed by atoms with Crippen LogP contribution in [0.25, 0.3) is 11.1 Å². The van der Waals surface area contributed by atoms with Crippen LogP contribution in [0.4, 0.5) is 0 Å². The molecular formula is C16H13N3O4. The van der Waals surface area contributed by atoms with Gasteiger partial charge in [-0.15, -0.1) is 0 Å². The molecule has 7 nitrogen and oxygen atoms in total. The number of benzene rings is 1. The van der Waals surface area contributed by atoms with Crippen LogP contribution in [-0.2, 0) is 4.79 Å². The van der Waals surface area contributed by atoms with E-state index in [-0.39, 0.29) is 17.1 Å². The third kappa shape index (κ3) is 2.76. The van der Waals surface area contributed by atoms with Crippen LogP contribution in [0.3, 0.4) is 0 Å². The van der Waals surface area contributed by atoms with Gasteiger partial charge in [-0.25, -0.2) is 4.98 Å². The van der Waals surface area contributed by atoms with Gasteiger partial charge in [0.15, 0.2) is 11.5 Å². The van der Waals surface area contributed by atoms with Gasteiger partial charge < -0.3 is 15.3 Å². The molecule has 0 aliphatic carbocycles. The highest BCUT2D eigenvalue weighted by molar-refractivity contribution is 5.93. The monoisotopic (exact) mass is 311 g/mol. The number of amides is 1. The van der Waals surface area contributed by atoms with Gasteiger partial charge in [-0.2, -0.15) is 0 Å². The lowest BCUT2D eigenvalue weighted by Gasteiger charge is -2.08. The quantitative estimate of drug-likeness (QED) is 0.758. The number of primary amides is 1. The fourth-order valence-electron chi connectivity index (χ4n) is 2.30. The molecule has 0 fully saturated rings. The molecule has 23 heavy (non-hydrogen) atoms. The van der Waals surface area contributed by atoms with E-state index in [1.165, 1.54) is 18.3 Å². The third-order valence-electron chi connectivity index (χ3n) is 3.41. The van der Waals surface area contributed by atoms with E-state index < -0.39 is 17.8 Å². The predicted molar refractivity (Wildman–Crippen MR) is 81.0 cm³/mol. The smallest absolute Gasteiger partial charge is 0.322 e. The molecule has 1 aromatic carbocycles. The number of pyridine rings is 1. The molecule has 3 aromatic rings. The van der Waals surface area contributed by atoms with Gasteiger partial charge in [0.25, 0.3) is 0 Å². The molecular weight excluding hydrogens is 298 g/mol. The molecule has 0 aliphatic rings. The summed E-state index contributed by atoms with van der Waals surface area (Å²) in [5, 5.41) is 9.53. The summed E-state index contributed by atoms with van der Waals surface area (Å²) in [5.41, 5.74) is 7.57. The van der Waals surface area contributed by atoms with E-state index in [9.17, 15) is 14.7 Å². The molecule has 0 spiro atoms. The molecule has 1 unspecified atom stereocenters. The second-order valence-corrected chi connectivity index (χ2v) is 5.13. The number of rotatable bonds is 4. The van der Waals surface area contributed by atoms with E-state index in [1.807, 2.05) is 13.0 Å². The van der Waals surface area contributed by atoms with Gasteiger partial charge in [0.05, 0.1) is 5.69 Å². The zero-order chi connectivity index (χ0) is 16.6. The lowest BCUT2D eigenvalue weighted by Crippen LogP contribution is -2.17. The normalized spacial score (nSPS) is 12.2. The molecule has 0 saturated carbocycles. The Balaban J connectivity index is 2.12. The maximum absolute atomic E-state index is 11.7. The highest BCUT2D eigenvalue weighted by atomic mass is 16.4. The summed E-state index contributed by atoms with van der Waals surface area (Å²) in [5.74, 6) is -3.05. The first kappa shape index (κ1) is 14.7. The lowest BCUT2D eigenvalue weighted by atomic mass is 10.0. The number of hydrogen-bond acceptors (Lipinski definition) is 5. The number of carbonyl (C=O) groups excluding carboxylic acids is 1. The van der Waals surface area contributed by atoms with Crippen LogP contribution in [-0.4, -0.2) is 27.0 Å². The molecule has 3 rings (SSSR count). The van der Waals surface area contributed by atoms with Gasteiger partial charge in [0.1, 0.15) is 5.52 Å². The zero-order valence-corrected chi connectivity index (χ0v) is 12.2. The van der Waals surface area contributed by atoms with Gasteiger partial charge in [-0.05, 0) is 36.8 Å². The second-order valence-electron chi connectivity index (χ2n) is 5.13. The van der Waals surface area contributed by atoms with E-state index in [2.05, 4.69) is 9.97 Å². The topological polar surface area (TPSA) is 119 Å². The van der Waals surface area contributed by atoms with Crippen molar-refractivity contribution < 1.29 is 19.1 Å². The first-order valence-corrected chi connectivity index (χ1v) is 6.81. The van der Waals surface area contributed by atoms with Crippen LogP contribution in [0.5, 0.6) is 0 Å². The number of aliphatic carboxylic acids is 1. The van der Waals surface area contributed by atoms with Gasteiger partial charge in [0, 0.05) is 11.8 Å². The highest BCUT2D eigenvalue weighted by Crippen LogP contribution is 2.27. The Labute approximate surface area is 130 Å². The SMILES string of the molecule is Cc1ccc2oc(C(C(=O)O)c3cc(C(N)=O)ccn3)nc2c1. The van der Waals surface area contributed by atoms with Gasteiger partial charge in [-0.3, -0.25) is 14.6 Å². The molecule has 0 aliphatic heterocycles. The van der Waals surface area contributed by atoms with Crippen molar-refractivity contribution in [2.75, 3.05) is 0 Å². The van der Waals surface area contributed by atoms with Gasteiger partial charge in [-0.1, -0.05) is 6.07 Å². The number of nitrogens with zero attached hydrogens (tertiary/aromatic N) is 2. The molecule has 116 valence electrons. The van der Waals surface area contributed by atoms with Crippen LogP contribution in [0.2, 0.25) is 0 Å². The average Bonchev–Trinajstić information content (AvgIpc) is 2.89. The second kappa shape index (κ2) is 5.53. The number of nitrogens with two attached hydrogens (primary N) is 1. The molecule has 0 radical (unpaired) electrons. The van der Waals surface area contributed by atoms with Crippen molar-refractivity contribution in [1.29, 1.82) is 0 Å². The lowest BCUT2D eigenvalue weighted by molar-refractivity contribution is -0.138. The van der Waals surface area contributed by atoms with E-state index in [1.54, 1.807) is 12.1 Å². The Kier molecular flexibility index (Phi) is 3.53. The number of carbonyl (C=O) groups is 2. The maximum atomic E-state index is 11.7. The Morgan fingerprint density at radius 1 is 1.26 bits per heavy atom. The minimum absolute atomic E-state index is 0.00669. The number of carboxylic acid groups (broad SMARTS) is 1. The number of hydrogen-bond donors (Lipinski definition) is 2. The molecule has 2 aromatic heterocycles. The largest absolute Gasteiger partial charge is 0.480 e. The van der Waals surface area contributed by atoms with Crippen molar-refractivity contribution in [3.8, 4) is 0 Å². The summed E-state index contributed by atoms with van der Waals surface area (Å²) in [6.45, 7) is 1.90. The van der Waals surface area contributed by atoms with Crippen molar-refractivity contribution in [1.82, 2.24) is 9.97 Å². The summed E-state index contributed by atoms with van der Waals surface area (Å²) in [6.07, 6.45) is 1.33. The minimum Gasteiger partial charge on any atom is -0.480 e. The summed E-state index contributed by atoms with van der Waals surface area (Å²) in [4.78, 5) is 31.2. The Morgan fingerprint density at radius 3 is 2.74 bits per heavy atom. The number of aromatic nitrogens is 2. The minimum atomic E-state index is -1.22. The van der Waals surface area contributed by atoms with E-state index >= 15 is 0 Å². The average molecular weight is 311 g/mol. The Hall–Kier alpha value is -3.22. The van der Waals surface area contributed by atoms with Crippen LogP contribution >= 0.6 is 0 Å². The van der Waals surface area contributed by atoms with Crippen molar-refractivity contribution >= 4 is 23.0 Å². The fourth-order valence-corrected chi connectivity index (χ4v) is 2.30. The number of oxazole rings is 1. The van der Waals surface area contributed by atoms with Crippen LogP contribution in [0.1, 0.15) is 33.4 Å². The first-order valence-electron chi connectivity index (χ1n) is 6.81. The molecule has 7 heteroatoms. The van der Waals surface area contributed by atoms with E-state index in [0.717, 1.165) is 5.56 Å². The molecule has 0 saturated heterocycles. The van der Waals surface area contributed by atoms with E-state index in [4.69, 9.17) is 10.2 Å². The fraction of sp³-hybridized carbons (Fsp3) is 0.125. The standard InChI is InChI=1S/C16H13N3O4/c1-8-2-3-12-10(6-8)19-15(23-12)13(16(21)22)11-7-9(14(17)20)4-5-18-11/h2-7,13H,1H3,(H2,17,20)(H,21,22). The molecule has 1 amide bonds. The van der Waals surface area contributed by atoms with Crippen molar-refractivity contribution in [2.45, 2.75) is 12.8 Å².